The van der Waals surface area contributed by atoms with Gasteiger partial charge in [0.15, 0.2) is 17.1 Å². The molecule has 0 aromatic rings. The lowest BCUT2D eigenvalue weighted by Crippen LogP contribution is -2.28. The van der Waals surface area contributed by atoms with Gasteiger partial charge in [0.1, 0.15) is 5.57 Å². The zero-order valence-corrected chi connectivity index (χ0v) is 13.1. The Bertz CT molecular complexity index is 397. The number of hydrogen-bond donors (Lipinski definition) is 0. The summed E-state index contributed by atoms with van der Waals surface area (Å²) in [5.41, 5.74) is -0.662. The van der Waals surface area contributed by atoms with Crippen LogP contribution >= 0.6 is 0 Å². The highest BCUT2D eigenvalue weighted by Gasteiger charge is 2.47. The first kappa shape index (κ1) is 16.7. The summed E-state index contributed by atoms with van der Waals surface area (Å²) in [5, 5.41) is 0. The van der Waals surface area contributed by atoms with E-state index in [0.717, 1.165) is 25.7 Å². The van der Waals surface area contributed by atoms with E-state index in [0.29, 0.717) is 25.0 Å². The molecule has 20 heavy (non-hydrogen) atoms. The molecule has 0 aliphatic carbocycles. The van der Waals surface area contributed by atoms with Crippen LogP contribution in [0.25, 0.3) is 0 Å². The molecule has 0 N–H and O–H groups in total. The smallest absolute Gasteiger partial charge is 0.346 e. The zero-order valence-electron chi connectivity index (χ0n) is 13.1. The van der Waals surface area contributed by atoms with Crippen LogP contribution in [0.1, 0.15) is 65.7 Å². The zero-order chi connectivity index (χ0) is 15.2. The molecule has 1 rings (SSSR count). The summed E-state index contributed by atoms with van der Waals surface area (Å²) in [6, 6.07) is 0. The fourth-order valence-electron chi connectivity index (χ4n) is 2.62. The topological polar surface area (TPSA) is 52.6 Å². The Morgan fingerprint density at radius 1 is 1.20 bits per heavy atom. The highest BCUT2D eigenvalue weighted by atomic mass is 16.6. The molecule has 4 heteroatoms. The summed E-state index contributed by atoms with van der Waals surface area (Å²) in [6.07, 6.45) is 6.13. The van der Waals surface area contributed by atoms with E-state index in [1.807, 2.05) is 13.8 Å². The maximum atomic E-state index is 12.1. The highest BCUT2D eigenvalue weighted by molar-refractivity contribution is 6.19. The third kappa shape index (κ3) is 3.62. The Balaban J connectivity index is 2.87. The van der Waals surface area contributed by atoms with Gasteiger partial charge in [-0.25, -0.2) is 4.79 Å². The number of unbranched alkanes of at least 4 members (excludes halogenated alkanes) is 3. The lowest BCUT2D eigenvalue weighted by Gasteiger charge is -2.25. The van der Waals surface area contributed by atoms with Gasteiger partial charge in [0.25, 0.3) is 0 Å². The van der Waals surface area contributed by atoms with Crippen LogP contribution < -0.4 is 0 Å². The first-order valence-electron chi connectivity index (χ1n) is 7.55. The minimum atomic E-state index is -0.779. The predicted molar refractivity (Wildman–Crippen MR) is 77.2 cm³/mol. The van der Waals surface area contributed by atoms with Gasteiger partial charge < -0.3 is 9.47 Å². The van der Waals surface area contributed by atoms with Crippen molar-refractivity contribution >= 4 is 11.8 Å². The van der Waals surface area contributed by atoms with Crippen LogP contribution in [0.5, 0.6) is 0 Å². The number of cyclic esters (lactones) is 1. The van der Waals surface area contributed by atoms with E-state index in [1.165, 1.54) is 7.11 Å². The minimum Gasteiger partial charge on any atom is -0.496 e. The van der Waals surface area contributed by atoms with Crippen LogP contribution in [-0.4, -0.2) is 24.5 Å². The average Bonchev–Trinajstić information content (AvgIpc) is 2.66. The van der Waals surface area contributed by atoms with Crippen LogP contribution in [0.3, 0.4) is 0 Å². The molecule has 1 unspecified atom stereocenters. The van der Waals surface area contributed by atoms with Crippen molar-refractivity contribution in [3.8, 4) is 0 Å². The SMILES string of the molecule is CCCCCCC1(C)OC(=O)C(C(=O)CCC)=C1OC. The lowest BCUT2D eigenvalue weighted by molar-refractivity contribution is -0.148. The Morgan fingerprint density at radius 2 is 1.90 bits per heavy atom. The number of hydrogen-bond acceptors (Lipinski definition) is 4. The Morgan fingerprint density at radius 3 is 2.45 bits per heavy atom. The molecule has 0 spiro atoms. The quantitative estimate of drug-likeness (QED) is 0.369. The Hall–Kier alpha value is -1.32. The molecule has 0 aromatic heterocycles. The van der Waals surface area contributed by atoms with Gasteiger partial charge >= 0.3 is 5.97 Å². The molecular weight excluding hydrogens is 256 g/mol. The van der Waals surface area contributed by atoms with Gasteiger partial charge in [-0.15, -0.1) is 0 Å². The molecule has 0 bridgehead atoms. The number of carbonyl (C=O) groups excluding carboxylic acids is 2. The van der Waals surface area contributed by atoms with E-state index in [2.05, 4.69) is 6.92 Å². The van der Waals surface area contributed by atoms with Crippen LogP contribution in [0.4, 0.5) is 0 Å². The van der Waals surface area contributed by atoms with E-state index in [1.54, 1.807) is 0 Å². The highest BCUT2D eigenvalue weighted by Crippen LogP contribution is 2.38. The maximum Gasteiger partial charge on any atom is 0.346 e. The Kier molecular flexibility index (Phi) is 6.24. The van der Waals surface area contributed by atoms with Crippen molar-refractivity contribution in [2.75, 3.05) is 7.11 Å². The summed E-state index contributed by atoms with van der Waals surface area (Å²) in [5.74, 6) is -0.289. The summed E-state index contributed by atoms with van der Waals surface area (Å²) in [4.78, 5) is 24.0. The molecule has 0 aromatic carbocycles. The second kappa shape index (κ2) is 7.46. The largest absolute Gasteiger partial charge is 0.496 e. The second-order valence-electron chi connectivity index (χ2n) is 5.51. The van der Waals surface area contributed by atoms with Crippen molar-refractivity contribution in [1.29, 1.82) is 0 Å². The molecule has 0 fully saturated rings. The monoisotopic (exact) mass is 282 g/mol. The van der Waals surface area contributed by atoms with Gasteiger partial charge in [-0.05, 0) is 26.2 Å². The number of Topliss-reactive ketones (excluding diaryl/α,β-unsaturated/α-hetero) is 1. The fourth-order valence-corrected chi connectivity index (χ4v) is 2.62. The third-order valence-electron chi connectivity index (χ3n) is 3.70. The fraction of sp³-hybridized carbons (Fsp3) is 0.750. The summed E-state index contributed by atoms with van der Waals surface area (Å²) >= 11 is 0. The molecule has 0 amide bonds. The number of esters is 1. The molecule has 114 valence electrons. The van der Waals surface area contributed by atoms with E-state index >= 15 is 0 Å². The van der Waals surface area contributed by atoms with Crippen LogP contribution in [-0.2, 0) is 19.1 Å². The molecule has 4 nitrogen and oxygen atoms in total. The van der Waals surface area contributed by atoms with Gasteiger partial charge in [0.05, 0.1) is 7.11 Å². The molecule has 1 atom stereocenters. The predicted octanol–water partition coefficient (Wildman–Crippen LogP) is 3.54. The average molecular weight is 282 g/mol. The third-order valence-corrected chi connectivity index (χ3v) is 3.70. The number of ketones is 1. The standard InChI is InChI=1S/C16H26O4/c1-5-7-8-9-11-16(3)14(19-4)13(15(18)20-16)12(17)10-6-2/h5-11H2,1-4H3. The molecule has 1 aliphatic rings. The summed E-state index contributed by atoms with van der Waals surface area (Å²) < 4.78 is 10.8. The van der Waals surface area contributed by atoms with E-state index in [4.69, 9.17) is 9.47 Å². The molecule has 0 saturated heterocycles. The number of ether oxygens (including phenoxy) is 2. The molecule has 1 aliphatic heterocycles. The first-order valence-corrected chi connectivity index (χ1v) is 7.55. The minimum absolute atomic E-state index is 0.118. The van der Waals surface area contributed by atoms with Gasteiger partial charge in [0.2, 0.25) is 0 Å². The van der Waals surface area contributed by atoms with Gasteiger partial charge in [-0.2, -0.15) is 0 Å². The van der Waals surface area contributed by atoms with Gasteiger partial charge in [0, 0.05) is 6.42 Å². The van der Waals surface area contributed by atoms with Gasteiger partial charge in [-0.3, -0.25) is 4.79 Å². The van der Waals surface area contributed by atoms with E-state index in [-0.39, 0.29) is 11.4 Å². The number of rotatable bonds is 9. The molecular formula is C16H26O4. The lowest BCUT2D eigenvalue weighted by atomic mass is 9.93. The summed E-state index contributed by atoms with van der Waals surface area (Å²) in [6.45, 7) is 5.90. The number of methoxy groups -OCH3 is 1. The van der Waals surface area contributed by atoms with E-state index in [9.17, 15) is 9.59 Å². The summed E-state index contributed by atoms with van der Waals surface area (Å²) in [7, 11) is 1.50. The van der Waals surface area contributed by atoms with Crippen molar-refractivity contribution < 1.29 is 19.1 Å². The molecule has 1 heterocycles. The molecule has 0 saturated carbocycles. The van der Waals surface area contributed by atoms with Crippen molar-refractivity contribution in [2.24, 2.45) is 0 Å². The maximum absolute atomic E-state index is 12.1. The molecule has 0 radical (unpaired) electrons. The second-order valence-corrected chi connectivity index (χ2v) is 5.51. The van der Waals surface area contributed by atoms with Crippen LogP contribution in [0.2, 0.25) is 0 Å². The van der Waals surface area contributed by atoms with Gasteiger partial charge in [-0.1, -0.05) is 33.1 Å². The first-order chi connectivity index (χ1) is 9.50. The van der Waals surface area contributed by atoms with E-state index < -0.39 is 11.6 Å². The van der Waals surface area contributed by atoms with Crippen LogP contribution in [0, 0.1) is 0 Å². The van der Waals surface area contributed by atoms with Crippen LogP contribution in [0.15, 0.2) is 11.3 Å². The Labute approximate surface area is 121 Å². The number of carbonyl (C=O) groups is 2. The van der Waals surface area contributed by atoms with Crippen molar-refractivity contribution in [2.45, 2.75) is 71.3 Å². The normalized spacial score (nSPS) is 22.1. The van der Waals surface area contributed by atoms with Crippen molar-refractivity contribution in [3.63, 3.8) is 0 Å². The van der Waals surface area contributed by atoms with Crippen molar-refractivity contribution in [3.05, 3.63) is 11.3 Å². The van der Waals surface area contributed by atoms with Crippen molar-refractivity contribution in [1.82, 2.24) is 0 Å².